The van der Waals surface area contributed by atoms with Crippen LogP contribution in [0.1, 0.15) is 22.1 Å². The van der Waals surface area contributed by atoms with Gasteiger partial charge in [0, 0.05) is 51.8 Å². The van der Waals surface area contributed by atoms with Crippen LogP contribution in [-0.4, -0.2) is 78.3 Å². The maximum absolute atomic E-state index is 13.0. The molecule has 1 amide bonds. The molecule has 28 heavy (non-hydrogen) atoms. The molecule has 9 nitrogen and oxygen atoms in total. The molecule has 4 rings (SSSR count). The number of hydrogen-bond acceptors (Lipinski definition) is 6. The number of aryl methyl sites for hydroxylation is 1. The number of carbonyl (C=O) groups is 1. The molecule has 2 unspecified atom stereocenters. The van der Waals surface area contributed by atoms with Gasteiger partial charge in [-0.1, -0.05) is 23.4 Å². The lowest BCUT2D eigenvalue weighted by Crippen LogP contribution is -2.44. The molecule has 2 saturated heterocycles. The first-order valence-corrected chi connectivity index (χ1v) is 10.5. The van der Waals surface area contributed by atoms with Crippen molar-refractivity contribution in [1.29, 1.82) is 0 Å². The fourth-order valence-corrected chi connectivity index (χ4v) is 5.37. The van der Waals surface area contributed by atoms with Gasteiger partial charge >= 0.3 is 0 Å². The Balaban J connectivity index is 1.68. The van der Waals surface area contributed by atoms with Gasteiger partial charge in [0.15, 0.2) is 5.82 Å². The van der Waals surface area contributed by atoms with Crippen LogP contribution in [0.3, 0.4) is 0 Å². The van der Waals surface area contributed by atoms with Gasteiger partial charge in [0.1, 0.15) is 0 Å². The SMILES string of the molecule is Cc1noc(C23CN(C(=O)c4ccccc4)CC2CN(S(=O)(=O)N(C)C)C3)n1. The lowest BCUT2D eigenvalue weighted by Gasteiger charge is -2.27. The number of benzene rings is 1. The zero-order chi connectivity index (χ0) is 20.1. The van der Waals surface area contributed by atoms with Crippen molar-refractivity contribution in [1.82, 2.24) is 23.7 Å². The summed E-state index contributed by atoms with van der Waals surface area (Å²) in [6.45, 7) is 3.02. The van der Waals surface area contributed by atoms with E-state index in [9.17, 15) is 13.2 Å². The minimum absolute atomic E-state index is 0.0763. The molecule has 0 radical (unpaired) electrons. The number of fused-ring (bicyclic) bond motifs is 1. The first-order chi connectivity index (χ1) is 13.2. The van der Waals surface area contributed by atoms with Gasteiger partial charge in [-0.15, -0.1) is 0 Å². The van der Waals surface area contributed by atoms with Gasteiger partial charge < -0.3 is 9.42 Å². The van der Waals surface area contributed by atoms with Gasteiger partial charge in [-0.25, -0.2) is 0 Å². The molecule has 10 heteroatoms. The highest BCUT2D eigenvalue weighted by molar-refractivity contribution is 7.86. The van der Waals surface area contributed by atoms with Crippen molar-refractivity contribution in [3.63, 3.8) is 0 Å². The zero-order valence-corrected chi connectivity index (χ0v) is 16.9. The van der Waals surface area contributed by atoms with E-state index in [1.165, 1.54) is 22.7 Å². The third-order valence-electron chi connectivity index (χ3n) is 5.63. The highest BCUT2D eigenvalue weighted by Crippen LogP contribution is 2.45. The molecule has 1 aromatic heterocycles. The molecule has 150 valence electrons. The molecule has 0 bridgehead atoms. The van der Waals surface area contributed by atoms with E-state index >= 15 is 0 Å². The van der Waals surface area contributed by atoms with Crippen LogP contribution in [0, 0.1) is 12.8 Å². The van der Waals surface area contributed by atoms with Gasteiger partial charge in [0.25, 0.3) is 16.1 Å². The second kappa shape index (κ2) is 6.64. The van der Waals surface area contributed by atoms with E-state index in [0.29, 0.717) is 36.9 Å². The molecule has 0 saturated carbocycles. The quantitative estimate of drug-likeness (QED) is 0.735. The van der Waals surface area contributed by atoms with E-state index in [2.05, 4.69) is 10.1 Å². The average molecular weight is 405 g/mol. The molecule has 2 aromatic rings. The molecule has 0 N–H and O–H groups in total. The molecule has 0 spiro atoms. The molecular weight excluding hydrogens is 382 g/mol. The van der Waals surface area contributed by atoms with Crippen LogP contribution in [0.4, 0.5) is 0 Å². The summed E-state index contributed by atoms with van der Waals surface area (Å²) in [6, 6.07) is 9.08. The zero-order valence-electron chi connectivity index (χ0n) is 16.1. The predicted octanol–water partition coefficient (Wildman–Crippen LogP) is 0.510. The smallest absolute Gasteiger partial charge is 0.281 e. The lowest BCUT2D eigenvalue weighted by atomic mass is 9.81. The van der Waals surface area contributed by atoms with Crippen LogP contribution >= 0.6 is 0 Å². The summed E-state index contributed by atoms with van der Waals surface area (Å²) < 4.78 is 33.5. The Hall–Kier alpha value is -2.30. The molecular formula is C18H23N5O4S. The van der Waals surface area contributed by atoms with Crippen LogP contribution in [0.15, 0.2) is 34.9 Å². The molecule has 0 aliphatic carbocycles. The summed E-state index contributed by atoms with van der Waals surface area (Å²) in [5.74, 6) is 0.696. The molecule has 2 atom stereocenters. The average Bonchev–Trinajstić information content (AvgIpc) is 3.34. The van der Waals surface area contributed by atoms with Gasteiger partial charge in [0.2, 0.25) is 5.89 Å². The topological polar surface area (TPSA) is 99.8 Å². The Morgan fingerprint density at radius 3 is 2.54 bits per heavy atom. The third-order valence-corrected chi connectivity index (χ3v) is 7.48. The summed E-state index contributed by atoms with van der Waals surface area (Å²) >= 11 is 0. The van der Waals surface area contributed by atoms with Crippen LogP contribution in [0.5, 0.6) is 0 Å². The number of nitrogens with zero attached hydrogens (tertiary/aromatic N) is 5. The Labute approximate surface area is 164 Å². The first kappa shape index (κ1) is 19.0. The van der Waals surface area contributed by atoms with E-state index in [1.54, 1.807) is 24.0 Å². The number of amides is 1. The number of hydrogen-bond donors (Lipinski definition) is 0. The van der Waals surface area contributed by atoms with E-state index < -0.39 is 15.6 Å². The Morgan fingerprint density at radius 1 is 1.21 bits per heavy atom. The van der Waals surface area contributed by atoms with Crippen molar-refractivity contribution < 1.29 is 17.7 Å². The van der Waals surface area contributed by atoms with Crippen LogP contribution in [-0.2, 0) is 15.6 Å². The summed E-state index contributed by atoms with van der Waals surface area (Å²) in [4.78, 5) is 19.1. The lowest BCUT2D eigenvalue weighted by molar-refractivity contribution is 0.0772. The van der Waals surface area contributed by atoms with Gasteiger partial charge in [-0.3, -0.25) is 4.79 Å². The summed E-state index contributed by atoms with van der Waals surface area (Å²) in [5.41, 5.74) is -0.0912. The maximum atomic E-state index is 13.0. The highest BCUT2D eigenvalue weighted by atomic mass is 32.2. The standard InChI is InChI=1S/C18H23N5O4S/c1-13-19-17(27-20-13)18-11-22(16(24)14-7-5-4-6-8-14)9-15(18)10-23(12-18)28(25,26)21(2)3/h4-8,15H,9-12H2,1-3H3. The van der Waals surface area contributed by atoms with Gasteiger partial charge in [-0.2, -0.15) is 22.0 Å². The molecule has 2 aliphatic rings. The summed E-state index contributed by atoms with van der Waals surface area (Å²) in [6.07, 6.45) is 0. The number of carbonyl (C=O) groups excluding carboxylic acids is 1. The predicted molar refractivity (Wildman–Crippen MR) is 101 cm³/mol. The number of aromatic nitrogens is 2. The fourth-order valence-electron chi connectivity index (χ4n) is 4.15. The normalized spacial score (nSPS) is 25.4. The van der Waals surface area contributed by atoms with E-state index in [-0.39, 0.29) is 18.4 Å². The second-order valence-electron chi connectivity index (χ2n) is 7.63. The van der Waals surface area contributed by atoms with E-state index in [1.807, 2.05) is 18.2 Å². The number of rotatable bonds is 4. The molecule has 1 aromatic carbocycles. The number of likely N-dealkylation sites (tertiary alicyclic amines) is 1. The Kier molecular flexibility index (Phi) is 4.52. The van der Waals surface area contributed by atoms with Gasteiger partial charge in [0.05, 0.1) is 5.41 Å². The minimum atomic E-state index is -3.57. The summed E-state index contributed by atoms with van der Waals surface area (Å²) in [5, 5.41) is 3.90. The van der Waals surface area contributed by atoms with Crippen LogP contribution < -0.4 is 0 Å². The maximum Gasteiger partial charge on any atom is 0.281 e. The van der Waals surface area contributed by atoms with Crippen molar-refractivity contribution in [3.05, 3.63) is 47.6 Å². The van der Waals surface area contributed by atoms with Crippen molar-refractivity contribution >= 4 is 16.1 Å². The fraction of sp³-hybridized carbons (Fsp3) is 0.500. The van der Waals surface area contributed by atoms with Crippen molar-refractivity contribution in [2.45, 2.75) is 12.3 Å². The summed E-state index contributed by atoms with van der Waals surface area (Å²) in [7, 11) is -0.550. The van der Waals surface area contributed by atoms with Crippen LogP contribution in [0.25, 0.3) is 0 Å². The largest absolute Gasteiger partial charge is 0.339 e. The third kappa shape index (κ3) is 2.92. The first-order valence-electron chi connectivity index (χ1n) is 9.07. The second-order valence-corrected chi connectivity index (χ2v) is 9.78. The van der Waals surface area contributed by atoms with E-state index in [0.717, 1.165) is 0 Å². The molecule has 2 fully saturated rings. The minimum Gasteiger partial charge on any atom is -0.339 e. The van der Waals surface area contributed by atoms with Crippen molar-refractivity contribution in [2.24, 2.45) is 5.92 Å². The Morgan fingerprint density at radius 2 is 1.93 bits per heavy atom. The monoisotopic (exact) mass is 405 g/mol. The molecule has 3 heterocycles. The highest BCUT2D eigenvalue weighted by Gasteiger charge is 2.60. The molecule has 2 aliphatic heterocycles. The van der Waals surface area contributed by atoms with Crippen molar-refractivity contribution in [2.75, 3.05) is 40.3 Å². The van der Waals surface area contributed by atoms with Gasteiger partial charge in [-0.05, 0) is 19.1 Å². The van der Waals surface area contributed by atoms with E-state index in [4.69, 9.17) is 4.52 Å². The Bertz CT molecular complexity index is 990. The van der Waals surface area contributed by atoms with Crippen LogP contribution in [0.2, 0.25) is 0 Å². The van der Waals surface area contributed by atoms with Crippen molar-refractivity contribution in [3.8, 4) is 0 Å².